The van der Waals surface area contributed by atoms with Crippen molar-refractivity contribution in [3.63, 3.8) is 0 Å². The lowest BCUT2D eigenvalue weighted by atomic mass is 10.1. The molecule has 2 aliphatic heterocycles. The second kappa shape index (κ2) is 9.62. The molecule has 164 valence electrons. The van der Waals surface area contributed by atoms with Gasteiger partial charge in [0.15, 0.2) is 0 Å². The molecule has 0 spiro atoms. The lowest BCUT2D eigenvalue weighted by Crippen LogP contribution is -2.35. The fraction of sp³-hybridized carbons (Fsp3) is 0.391. The Hall–Kier alpha value is -2.71. The third-order valence-corrected chi connectivity index (χ3v) is 7.59. The van der Waals surface area contributed by atoms with E-state index in [1.165, 1.54) is 22.0 Å². The molecule has 2 aromatic carbocycles. The number of benzene rings is 2. The van der Waals surface area contributed by atoms with E-state index in [4.69, 9.17) is 0 Å². The quantitative estimate of drug-likeness (QED) is 0.648. The number of nitrogens with zero attached hydrogens (tertiary/aromatic N) is 2. The molecular weight excluding hydrogens is 412 g/mol. The molecule has 0 aliphatic carbocycles. The van der Waals surface area contributed by atoms with Crippen molar-refractivity contribution in [2.24, 2.45) is 4.99 Å². The van der Waals surface area contributed by atoms with Crippen molar-refractivity contribution in [3.8, 4) is 0 Å². The number of amidine groups is 1. The molecule has 1 fully saturated rings. The van der Waals surface area contributed by atoms with Crippen LogP contribution in [0, 0.1) is 0 Å². The fourth-order valence-corrected chi connectivity index (χ4v) is 5.44. The van der Waals surface area contributed by atoms with Gasteiger partial charge < -0.3 is 10.6 Å². The molecule has 2 aromatic rings. The zero-order chi connectivity index (χ0) is 21.7. The van der Waals surface area contributed by atoms with E-state index < -0.39 is 10.0 Å². The number of sulfonamides is 1. The van der Waals surface area contributed by atoms with Crippen LogP contribution in [0.3, 0.4) is 0 Å². The Kier molecular flexibility index (Phi) is 6.67. The molecule has 0 aromatic heterocycles. The monoisotopic (exact) mass is 440 g/mol. The molecule has 7 nitrogen and oxygen atoms in total. The molecule has 2 heterocycles. The maximum absolute atomic E-state index is 12.7. The van der Waals surface area contributed by atoms with Crippen LogP contribution in [0.15, 0.2) is 58.4 Å². The summed E-state index contributed by atoms with van der Waals surface area (Å²) in [7, 11) is -3.48. The van der Waals surface area contributed by atoms with Gasteiger partial charge in [-0.25, -0.2) is 8.42 Å². The van der Waals surface area contributed by atoms with Crippen LogP contribution < -0.4 is 10.6 Å². The van der Waals surface area contributed by atoms with Crippen molar-refractivity contribution >= 4 is 21.8 Å². The van der Waals surface area contributed by atoms with E-state index in [2.05, 4.69) is 27.8 Å². The van der Waals surface area contributed by atoms with Crippen LogP contribution >= 0.6 is 0 Å². The van der Waals surface area contributed by atoms with Crippen LogP contribution in [0.1, 0.15) is 47.2 Å². The number of hydrogen-bond acceptors (Lipinski definition) is 5. The minimum Gasteiger partial charge on any atom is -0.370 e. The van der Waals surface area contributed by atoms with Gasteiger partial charge >= 0.3 is 0 Å². The third kappa shape index (κ3) is 4.97. The number of piperidine rings is 1. The van der Waals surface area contributed by atoms with E-state index in [-0.39, 0.29) is 10.8 Å². The van der Waals surface area contributed by atoms with Crippen LogP contribution in [0.5, 0.6) is 0 Å². The van der Waals surface area contributed by atoms with Gasteiger partial charge in [-0.2, -0.15) is 4.31 Å². The van der Waals surface area contributed by atoms with E-state index in [1.54, 1.807) is 12.1 Å². The topological polar surface area (TPSA) is 90.9 Å². The van der Waals surface area contributed by atoms with Gasteiger partial charge in [-0.1, -0.05) is 30.7 Å². The van der Waals surface area contributed by atoms with Crippen molar-refractivity contribution < 1.29 is 13.2 Å². The van der Waals surface area contributed by atoms with Gasteiger partial charge in [-0.05, 0) is 49.1 Å². The Bertz CT molecular complexity index is 1060. The number of carbonyl (C=O) groups excluding carboxylic acids is 1. The molecule has 1 amide bonds. The second-order valence-corrected chi connectivity index (χ2v) is 9.79. The summed E-state index contributed by atoms with van der Waals surface area (Å²) in [5, 5.41) is 6.22. The molecule has 0 bridgehead atoms. The minimum absolute atomic E-state index is 0.203. The van der Waals surface area contributed by atoms with E-state index in [1.807, 2.05) is 12.1 Å². The normalized spacial score (nSPS) is 16.5. The number of hydrogen-bond donors (Lipinski definition) is 2. The van der Waals surface area contributed by atoms with Gasteiger partial charge in [0.2, 0.25) is 10.0 Å². The minimum atomic E-state index is -3.48. The first-order chi connectivity index (χ1) is 15.1. The SMILES string of the molecule is O=C(NCCCNC1=NCc2ccccc21)c1ccc(S(=O)(=O)N2CCCCC2)cc1. The van der Waals surface area contributed by atoms with Crippen molar-refractivity contribution in [2.45, 2.75) is 37.1 Å². The number of rotatable bonds is 7. The molecule has 4 rings (SSSR count). The van der Waals surface area contributed by atoms with Gasteiger partial charge in [0, 0.05) is 37.3 Å². The average Bonchev–Trinajstić information content (AvgIpc) is 3.22. The van der Waals surface area contributed by atoms with Crippen LogP contribution in [0.25, 0.3) is 0 Å². The third-order valence-electron chi connectivity index (χ3n) is 5.68. The molecule has 0 saturated carbocycles. The van der Waals surface area contributed by atoms with E-state index in [0.717, 1.165) is 37.1 Å². The molecule has 31 heavy (non-hydrogen) atoms. The Morgan fingerprint density at radius 1 is 0.968 bits per heavy atom. The van der Waals surface area contributed by atoms with Gasteiger partial charge in [0.1, 0.15) is 5.84 Å². The lowest BCUT2D eigenvalue weighted by molar-refractivity contribution is 0.0953. The molecule has 0 atom stereocenters. The maximum Gasteiger partial charge on any atom is 0.251 e. The number of aliphatic imine (C=N–C) groups is 1. The first-order valence-electron chi connectivity index (χ1n) is 10.8. The first kappa shape index (κ1) is 21.5. The van der Waals surface area contributed by atoms with Crippen molar-refractivity contribution in [3.05, 3.63) is 65.2 Å². The zero-order valence-corrected chi connectivity index (χ0v) is 18.3. The summed E-state index contributed by atoms with van der Waals surface area (Å²) in [6.45, 7) is 3.07. The predicted octanol–water partition coefficient (Wildman–Crippen LogP) is 2.53. The molecule has 2 N–H and O–H groups in total. The highest BCUT2D eigenvalue weighted by Crippen LogP contribution is 2.21. The summed E-state index contributed by atoms with van der Waals surface area (Å²) in [6, 6.07) is 14.4. The van der Waals surface area contributed by atoms with Crippen molar-refractivity contribution in [1.82, 2.24) is 14.9 Å². The molecule has 1 saturated heterocycles. The highest BCUT2D eigenvalue weighted by atomic mass is 32.2. The molecule has 2 aliphatic rings. The first-order valence-corrected chi connectivity index (χ1v) is 12.2. The smallest absolute Gasteiger partial charge is 0.251 e. The summed E-state index contributed by atoms with van der Waals surface area (Å²) >= 11 is 0. The second-order valence-electron chi connectivity index (χ2n) is 7.85. The van der Waals surface area contributed by atoms with Crippen LogP contribution in [0.4, 0.5) is 0 Å². The Morgan fingerprint density at radius 2 is 1.71 bits per heavy atom. The Balaban J connectivity index is 1.23. The summed E-state index contributed by atoms with van der Waals surface area (Å²) in [5.74, 6) is 0.706. The van der Waals surface area contributed by atoms with Crippen LogP contribution in [0.2, 0.25) is 0 Å². The van der Waals surface area contributed by atoms with E-state index in [0.29, 0.717) is 38.3 Å². The zero-order valence-electron chi connectivity index (χ0n) is 17.5. The number of carbonyl (C=O) groups is 1. The predicted molar refractivity (Wildman–Crippen MR) is 121 cm³/mol. The highest BCUT2D eigenvalue weighted by Gasteiger charge is 2.25. The highest BCUT2D eigenvalue weighted by molar-refractivity contribution is 7.89. The van der Waals surface area contributed by atoms with Gasteiger partial charge in [0.05, 0.1) is 11.4 Å². The Morgan fingerprint density at radius 3 is 2.48 bits per heavy atom. The van der Waals surface area contributed by atoms with Gasteiger partial charge in [0.25, 0.3) is 5.91 Å². The van der Waals surface area contributed by atoms with Crippen molar-refractivity contribution in [1.29, 1.82) is 0 Å². The van der Waals surface area contributed by atoms with Crippen LogP contribution in [-0.2, 0) is 16.6 Å². The summed E-state index contributed by atoms with van der Waals surface area (Å²) in [5.41, 5.74) is 2.83. The van der Waals surface area contributed by atoms with E-state index >= 15 is 0 Å². The van der Waals surface area contributed by atoms with Crippen molar-refractivity contribution in [2.75, 3.05) is 26.2 Å². The standard InChI is InChI=1S/C23H28N4O3S/c28-23(25-14-6-13-24-22-21-8-3-2-7-19(21)17-26-22)18-9-11-20(12-10-18)31(29,30)27-15-4-1-5-16-27/h2-3,7-12H,1,4-6,13-17H2,(H,24,26)(H,25,28). The van der Waals surface area contributed by atoms with Gasteiger partial charge in [-0.3, -0.25) is 9.79 Å². The fourth-order valence-electron chi connectivity index (χ4n) is 3.92. The molecule has 0 radical (unpaired) electrons. The molecular formula is C23H28N4O3S. The summed E-state index contributed by atoms with van der Waals surface area (Å²) in [6.07, 6.45) is 3.62. The largest absolute Gasteiger partial charge is 0.370 e. The average molecular weight is 441 g/mol. The number of nitrogens with one attached hydrogen (secondary N) is 2. The molecule has 0 unspecified atom stereocenters. The summed E-state index contributed by atoms with van der Waals surface area (Å²) < 4.78 is 26.9. The van der Waals surface area contributed by atoms with E-state index in [9.17, 15) is 13.2 Å². The van der Waals surface area contributed by atoms with Gasteiger partial charge in [-0.15, -0.1) is 0 Å². The maximum atomic E-state index is 12.7. The number of amides is 1. The van der Waals surface area contributed by atoms with Crippen LogP contribution in [-0.4, -0.2) is 50.6 Å². The number of fused-ring (bicyclic) bond motifs is 1. The Labute approximate surface area is 183 Å². The summed E-state index contributed by atoms with van der Waals surface area (Å²) in [4.78, 5) is 17.1. The molecule has 8 heteroatoms. The lowest BCUT2D eigenvalue weighted by Gasteiger charge is -2.25.